The van der Waals surface area contributed by atoms with E-state index in [9.17, 15) is 9.59 Å². The monoisotopic (exact) mass is 361 g/mol. The Balaban J connectivity index is 0.00000264. The number of nitrogens with one attached hydrogen (secondary N) is 2. The fourth-order valence-corrected chi connectivity index (χ4v) is 2.51. The Labute approximate surface area is 146 Å². The Morgan fingerprint density at radius 1 is 1.22 bits per heavy atom. The predicted octanol–water partition coefficient (Wildman–Crippen LogP) is 1.11. The van der Waals surface area contributed by atoms with Crippen LogP contribution in [-0.4, -0.2) is 43.7 Å². The Bertz CT molecular complexity index is 542. The van der Waals surface area contributed by atoms with E-state index >= 15 is 0 Å². The second-order valence-electron chi connectivity index (χ2n) is 5.09. The van der Waals surface area contributed by atoms with Crippen LogP contribution in [0.25, 0.3) is 0 Å². The van der Waals surface area contributed by atoms with Crippen LogP contribution in [0.5, 0.6) is 0 Å². The number of halogens is 2. The van der Waals surface area contributed by atoms with Gasteiger partial charge in [0.1, 0.15) is 6.10 Å². The smallest absolute Gasteiger partial charge is 0.252 e. The molecule has 1 aliphatic heterocycles. The normalized spacial score (nSPS) is 19.7. The molecule has 2 rings (SSSR count). The van der Waals surface area contributed by atoms with E-state index in [2.05, 4.69) is 10.6 Å². The fraction of sp³-hybridized carbons (Fsp3) is 0.467. The zero-order chi connectivity index (χ0) is 15.9. The van der Waals surface area contributed by atoms with Crippen molar-refractivity contribution < 1.29 is 14.3 Å². The SMILES string of the molecule is Cl.NC[C@H]1CC[C@@H](C(=O)NCCNC(=O)c2ccccc2Cl)O1. The molecule has 0 radical (unpaired) electrons. The van der Waals surface area contributed by atoms with Gasteiger partial charge in [0, 0.05) is 19.6 Å². The number of carbonyl (C=O) groups is 2. The summed E-state index contributed by atoms with van der Waals surface area (Å²) >= 11 is 5.94. The summed E-state index contributed by atoms with van der Waals surface area (Å²) in [6, 6.07) is 6.81. The number of ether oxygens (including phenoxy) is 1. The number of hydrogen-bond acceptors (Lipinski definition) is 4. The second-order valence-corrected chi connectivity index (χ2v) is 5.49. The molecular formula is C15H21Cl2N3O3. The molecule has 0 aromatic heterocycles. The van der Waals surface area contributed by atoms with Crippen LogP contribution in [-0.2, 0) is 9.53 Å². The molecule has 1 aromatic rings. The zero-order valence-electron chi connectivity index (χ0n) is 12.6. The van der Waals surface area contributed by atoms with Gasteiger partial charge in [0.25, 0.3) is 5.91 Å². The summed E-state index contributed by atoms with van der Waals surface area (Å²) in [7, 11) is 0. The summed E-state index contributed by atoms with van der Waals surface area (Å²) in [5.74, 6) is -0.428. The molecule has 0 unspecified atom stereocenters. The molecule has 1 fully saturated rings. The maximum Gasteiger partial charge on any atom is 0.252 e. The molecule has 1 aromatic carbocycles. The second kappa shape index (κ2) is 9.72. The van der Waals surface area contributed by atoms with Crippen LogP contribution in [0.4, 0.5) is 0 Å². The first kappa shape index (κ1) is 19.7. The van der Waals surface area contributed by atoms with Crippen molar-refractivity contribution in [3.05, 3.63) is 34.9 Å². The minimum absolute atomic E-state index is 0. The largest absolute Gasteiger partial charge is 0.364 e. The van der Waals surface area contributed by atoms with Crippen LogP contribution in [0.2, 0.25) is 5.02 Å². The van der Waals surface area contributed by atoms with Gasteiger partial charge >= 0.3 is 0 Å². The summed E-state index contributed by atoms with van der Waals surface area (Å²) in [6.45, 7) is 1.09. The number of nitrogens with two attached hydrogens (primary N) is 1. The third-order valence-corrected chi connectivity index (χ3v) is 3.82. The quantitative estimate of drug-likeness (QED) is 0.661. The van der Waals surface area contributed by atoms with Crippen molar-refractivity contribution in [1.82, 2.24) is 10.6 Å². The summed E-state index contributed by atoms with van der Waals surface area (Å²) in [6.07, 6.45) is 1.01. The number of carbonyl (C=O) groups excluding carboxylic acids is 2. The number of benzene rings is 1. The van der Waals surface area contributed by atoms with Gasteiger partial charge in [-0.05, 0) is 25.0 Å². The van der Waals surface area contributed by atoms with Crippen LogP contribution in [0.15, 0.2) is 24.3 Å². The highest BCUT2D eigenvalue weighted by atomic mass is 35.5. The lowest BCUT2D eigenvalue weighted by Gasteiger charge is -2.13. The van der Waals surface area contributed by atoms with Crippen LogP contribution < -0.4 is 16.4 Å². The summed E-state index contributed by atoms with van der Waals surface area (Å²) < 4.78 is 5.49. The van der Waals surface area contributed by atoms with Crippen LogP contribution >= 0.6 is 24.0 Å². The van der Waals surface area contributed by atoms with Crippen molar-refractivity contribution in [2.24, 2.45) is 5.73 Å². The van der Waals surface area contributed by atoms with Gasteiger partial charge in [0.2, 0.25) is 5.91 Å². The average molecular weight is 362 g/mol. The lowest BCUT2D eigenvalue weighted by atomic mass is 10.2. The molecule has 1 saturated heterocycles. The summed E-state index contributed by atoms with van der Waals surface area (Å²) in [5.41, 5.74) is 5.92. The van der Waals surface area contributed by atoms with Crippen LogP contribution in [0.3, 0.4) is 0 Å². The van der Waals surface area contributed by atoms with Gasteiger partial charge in [-0.3, -0.25) is 9.59 Å². The van der Waals surface area contributed by atoms with E-state index in [1.54, 1.807) is 24.3 Å². The van der Waals surface area contributed by atoms with E-state index < -0.39 is 6.10 Å². The third kappa shape index (κ3) is 5.66. The van der Waals surface area contributed by atoms with E-state index in [0.717, 1.165) is 6.42 Å². The highest BCUT2D eigenvalue weighted by Gasteiger charge is 2.29. The number of hydrogen-bond donors (Lipinski definition) is 3. The molecule has 8 heteroatoms. The van der Waals surface area contributed by atoms with Gasteiger partial charge in [-0.1, -0.05) is 23.7 Å². The standard InChI is InChI=1S/C15H20ClN3O3.ClH/c16-12-4-2-1-3-11(12)14(20)18-7-8-19-15(21)13-6-5-10(9-17)22-13;/h1-4,10,13H,5-9,17H2,(H,18,20)(H,19,21);1H/t10-,13+;/m1./s1. The van der Waals surface area contributed by atoms with Gasteiger partial charge in [-0.25, -0.2) is 0 Å². The van der Waals surface area contributed by atoms with Gasteiger partial charge in [0.05, 0.1) is 16.7 Å². The van der Waals surface area contributed by atoms with Gasteiger partial charge in [0.15, 0.2) is 0 Å². The molecule has 0 bridgehead atoms. The van der Waals surface area contributed by atoms with Crippen molar-refractivity contribution >= 4 is 35.8 Å². The molecule has 128 valence electrons. The topological polar surface area (TPSA) is 93.5 Å². The average Bonchev–Trinajstić information content (AvgIpc) is 3.00. The van der Waals surface area contributed by atoms with Crippen LogP contribution in [0, 0.1) is 0 Å². The molecule has 0 saturated carbocycles. The fourth-order valence-electron chi connectivity index (χ4n) is 2.29. The maximum absolute atomic E-state index is 11.9. The zero-order valence-corrected chi connectivity index (χ0v) is 14.2. The predicted molar refractivity (Wildman–Crippen MR) is 91.0 cm³/mol. The first-order valence-electron chi connectivity index (χ1n) is 7.27. The lowest BCUT2D eigenvalue weighted by Crippen LogP contribution is -2.40. The van der Waals surface area contributed by atoms with E-state index in [4.69, 9.17) is 22.1 Å². The lowest BCUT2D eigenvalue weighted by molar-refractivity contribution is -0.131. The van der Waals surface area contributed by atoms with E-state index in [1.165, 1.54) is 0 Å². The van der Waals surface area contributed by atoms with E-state index in [-0.39, 0.29) is 30.3 Å². The molecule has 0 aliphatic carbocycles. The Kier molecular flexibility index (Phi) is 8.33. The van der Waals surface area contributed by atoms with Gasteiger partial charge in [-0.15, -0.1) is 12.4 Å². The maximum atomic E-state index is 11.9. The highest BCUT2D eigenvalue weighted by Crippen LogP contribution is 2.18. The highest BCUT2D eigenvalue weighted by molar-refractivity contribution is 6.33. The Hall–Kier alpha value is -1.34. The Morgan fingerprint density at radius 2 is 1.91 bits per heavy atom. The molecule has 23 heavy (non-hydrogen) atoms. The van der Waals surface area contributed by atoms with Gasteiger partial charge < -0.3 is 21.1 Å². The van der Waals surface area contributed by atoms with Crippen molar-refractivity contribution in [1.29, 1.82) is 0 Å². The van der Waals surface area contributed by atoms with E-state index in [0.29, 0.717) is 36.6 Å². The van der Waals surface area contributed by atoms with Crippen molar-refractivity contribution in [2.75, 3.05) is 19.6 Å². The van der Waals surface area contributed by atoms with Crippen molar-refractivity contribution in [2.45, 2.75) is 25.0 Å². The molecule has 2 atom stereocenters. The number of amides is 2. The first-order chi connectivity index (χ1) is 10.6. The molecular weight excluding hydrogens is 341 g/mol. The molecule has 1 aliphatic rings. The summed E-state index contributed by atoms with van der Waals surface area (Å²) in [5, 5.41) is 5.84. The molecule has 6 nitrogen and oxygen atoms in total. The third-order valence-electron chi connectivity index (χ3n) is 3.49. The molecule has 2 amide bonds. The van der Waals surface area contributed by atoms with E-state index in [1.807, 2.05) is 0 Å². The molecule has 4 N–H and O–H groups in total. The van der Waals surface area contributed by atoms with Gasteiger partial charge in [-0.2, -0.15) is 0 Å². The minimum Gasteiger partial charge on any atom is -0.364 e. The summed E-state index contributed by atoms with van der Waals surface area (Å²) in [4.78, 5) is 23.8. The first-order valence-corrected chi connectivity index (χ1v) is 7.65. The number of rotatable bonds is 6. The molecule has 0 spiro atoms. The minimum atomic E-state index is -0.437. The van der Waals surface area contributed by atoms with Crippen molar-refractivity contribution in [3.63, 3.8) is 0 Å². The Morgan fingerprint density at radius 3 is 2.57 bits per heavy atom. The molecule has 1 heterocycles. The van der Waals surface area contributed by atoms with Crippen molar-refractivity contribution in [3.8, 4) is 0 Å². The van der Waals surface area contributed by atoms with Crippen LogP contribution in [0.1, 0.15) is 23.2 Å².